The van der Waals surface area contributed by atoms with Crippen LogP contribution in [0.1, 0.15) is 31.7 Å². The first-order chi connectivity index (χ1) is 8.94. The lowest BCUT2D eigenvalue weighted by atomic mass is 9.65. The zero-order valence-electron chi connectivity index (χ0n) is 12.1. The van der Waals surface area contributed by atoms with E-state index < -0.39 is 5.60 Å². The van der Waals surface area contributed by atoms with Gasteiger partial charge in [-0.05, 0) is 50.6 Å². The third kappa shape index (κ3) is 2.77. The van der Waals surface area contributed by atoms with Crippen molar-refractivity contribution in [1.29, 1.82) is 0 Å². The first kappa shape index (κ1) is 14.4. The van der Waals surface area contributed by atoms with Crippen LogP contribution in [-0.2, 0) is 5.60 Å². The highest BCUT2D eigenvalue weighted by Gasteiger charge is 2.45. The molecule has 1 aliphatic rings. The van der Waals surface area contributed by atoms with Crippen LogP contribution in [0.4, 0.5) is 0 Å². The van der Waals surface area contributed by atoms with Gasteiger partial charge < -0.3 is 15.1 Å². The zero-order chi connectivity index (χ0) is 14.0. The summed E-state index contributed by atoms with van der Waals surface area (Å²) in [6.45, 7) is 2.99. The van der Waals surface area contributed by atoms with Gasteiger partial charge in [0.05, 0.1) is 5.60 Å². The van der Waals surface area contributed by atoms with Crippen LogP contribution in [0.15, 0.2) is 24.3 Å². The van der Waals surface area contributed by atoms with Gasteiger partial charge in [-0.3, -0.25) is 0 Å². The number of rotatable bonds is 3. The summed E-state index contributed by atoms with van der Waals surface area (Å²) in [5, 5.41) is 21.0. The zero-order valence-corrected chi connectivity index (χ0v) is 12.1. The van der Waals surface area contributed by atoms with Gasteiger partial charge in [-0.15, -0.1) is 0 Å². The summed E-state index contributed by atoms with van der Waals surface area (Å²) in [5.41, 5.74) is 0.0212. The van der Waals surface area contributed by atoms with E-state index in [0.717, 1.165) is 24.9 Å². The number of hydrogen-bond acceptors (Lipinski definition) is 3. The van der Waals surface area contributed by atoms with Crippen molar-refractivity contribution in [2.45, 2.75) is 31.8 Å². The van der Waals surface area contributed by atoms with Gasteiger partial charge in [0.25, 0.3) is 0 Å². The molecule has 2 rings (SSSR count). The second-order valence-electron chi connectivity index (χ2n) is 6.17. The summed E-state index contributed by atoms with van der Waals surface area (Å²) >= 11 is 0. The molecule has 3 heteroatoms. The molecule has 1 fully saturated rings. The van der Waals surface area contributed by atoms with Crippen LogP contribution in [-0.4, -0.2) is 35.8 Å². The molecule has 2 N–H and O–H groups in total. The van der Waals surface area contributed by atoms with Crippen LogP contribution < -0.4 is 0 Å². The van der Waals surface area contributed by atoms with Gasteiger partial charge >= 0.3 is 0 Å². The van der Waals surface area contributed by atoms with Crippen molar-refractivity contribution in [3.63, 3.8) is 0 Å². The molecule has 3 atom stereocenters. The summed E-state index contributed by atoms with van der Waals surface area (Å²) < 4.78 is 0. The Kier molecular flexibility index (Phi) is 4.16. The molecule has 0 heterocycles. The predicted octanol–water partition coefficient (Wildman–Crippen LogP) is 2.58. The second kappa shape index (κ2) is 5.51. The standard InChI is InChI=1S/C16H25NO2/c1-12-6-4-8-14(11-17(2)3)16(12,19)13-7-5-9-15(18)10-13/h5,7,9-10,12,14,18-19H,4,6,8,11H2,1-3H3. The van der Waals surface area contributed by atoms with Gasteiger partial charge in [0.1, 0.15) is 5.75 Å². The van der Waals surface area contributed by atoms with Crippen molar-refractivity contribution in [1.82, 2.24) is 4.90 Å². The fraction of sp³-hybridized carbons (Fsp3) is 0.625. The lowest BCUT2D eigenvalue weighted by molar-refractivity contribution is -0.102. The lowest BCUT2D eigenvalue weighted by Gasteiger charge is -2.46. The maximum absolute atomic E-state index is 11.3. The quantitative estimate of drug-likeness (QED) is 0.881. The second-order valence-corrected chi connectivity index (χ2v) is 6.17. The number of phenols is 1. The van der Waals surface area contributed by atoms with Gasteiger partial charge in [-0.1, -0.05) is 25.5 Å². The van der Waals surface area contributed by atoms with Crippen molar-refractivity contribution in [2.24, 2.45) is 11.8 Å². The molecule has 0 aliphatic heterocycles. The number of hydrogen-bond donors (Lipinski definition) is 2. The first-order valence-electron chi connectivity index (χ1n) is 7.11. The normalized spacial score (nSPS) is 31.6. The molecule has 0 amide bonds. The van der Waals surface area contributed by atoms with Crippen LogP contribution in [0.5, 0.6) is 5.75 Å². The topological polar surface area (TPSA) is 43.7 Å². The van der Waals surface area contributed by atoms with E-state index in [9.17, 15) is 10.2 Å². The van der Waals surface area contributed by atoms with Gasteiger partial charge in [0.15, 0.2) is 0 Å². The molecule has 19 heavy (non-hydrogen) atoms. The first-order valence-corrected chi connectivity index (χ1v) is 7.11. The Morgan fingerprint density at radius 3 is 2.68 bits per heavy atom. The fourth-order valence-electron chi connectivity index (χ4n) is 3.46. The number of nitrogens with zero attached hydrogens (tertiary/aromatic N) is 1. The van der Waals surface area contributed by atoms with Crippen molar-refractivity contribution in [3.8, 4) is 5.75 Å². The molecule has 0 radical (unpaired) electrons. The van der Waals surface area contributed by atoms with E-state index in [1.807, 2.05) is 26.2 Å². The van der Waals surface area contributed by atoms with E-state index in [0.29, 0.717) is 0 Å². The van der Waals surface area contributed by atoms with Gasteiger partial charge in [0.2, 0.25) is 0 Å². The Morgan fingerprint density at radius 2 is 2.05 bits per heavy atom. The highest BCUT2D eigenvalue weighted by Crippen LogP contribution is 2.46. The molecular weight excluding hydrogens is 238 g/mol. The molecule has 1 aromatic carbocycles. The Hall–Kier alpha value is -1.06. The van der Waals surface area contributed by atoms with E-state index in [1.54, 1.807) is 12.1 Å². The van der Waals surface area contributed by atoms with E-state index >= 15 is 0 Å². The van der Waals surface area contributed by atoms with Crippen molar-refractivity contribution in [3.05, 3.63) is 29.8 Å². The van der Waals surface area contributed by atoms with Crippen molar-refractivity contribution in [2.75, 3.05) is 20.6 Å². The molecule has 0 bridgehead atoms. The van der Waals surface area contributed by atoms with E-state index in [4.69, 9.17) is 0 Å². The third-order valence-corrected chi connectivity index (χ3v) is 4.46. The predicted molar refractivity (Wildman–Crippen MR) is 77.1 cm³/mol. The largest absolute Gasteiger partial charge is 0.508 e. The van der Waals surface area contributed by atoms with Gasteiger partial charge in [-0.2, -0.15) is 0 Å². The summed E-state index contributed by atoms with van der Waals surface area (Å²) in [6, 6.07) is 7.12. The maximum Gasteiger partial charge on any atom is 0.115 e. The van der Waals surface area contributed by atoms with Crippen LogP contribution in [0.2, 0.25) is 0 Å². The molecule has 0 spiro atoms. The molecule has 1 aromatic rings. The van der Waals surface area contributed by atoms with E-state index in [-0.39, 0.29) is 17.6 Å². The highest BCUT2D eigenvalue weighted by molar-refractivity contribution is 5.33. The number of benzene rings is 1. The molecule has 3 nitrogen and oxygen atoms in total. The molecule has 0 saturated heterocycles. The van der Waals surface area contributed by atoms with Gasteiger partial charge in [-0.25, -0.2) is 0 Å². The smallest absolute Gasteiger partial charge is 0.115 e. The monoisotopic (exact) mass is 263 g/mol. The lowest BCUT2D eigenvalue weighted by Crippen LogP contribution is -2.47. The number of aromatic hydroxyl groups is 1. The SMILES string of the molecule is CC1CCCC(CN(C)C)C1(O)c1cccc(O)c1. The van der Waals surface area contributed by atoms with Crippen molar-refractivity contribution >= 4 is 0 Å². The minimum atomic E-state index is -0.832. The molecule has 1 saturated carbocycles. The van der Waals surface area contributed by atoms with Crippen LogP contribution in [0.3, 0.4) is 0 Å². The Bertz CT molecular complexity index is 433. The highest BCUT2D eigenvalue weighted by atomic mass is 16.3. The van der Waals surface area contributed by atoms with E-state index in [1.165, 1.54) is 6.42 Å². The summed E-state index contributed by atoms with van der Waals surface area (Å²) in [5.74, 6) is 0.661. The molecule has 1 aliphatic carbocycles. The molecule has 3 unspecified atom stereocenters. The third-order valence-electron chi connectivity index (χ3n) is 4.46. The minimum Gasteiger partial charge on any atom is -0.508 e. The maximum atomic E-state index is 11.3. The number of aliphatic hydroxyl groups is 1. The summed E-state index contributed by atoms with van der Waals surface area (Å²) in [4.78, 5) is 2.14. The summed E-state index contributed by atoms with van der Waals surface area (Å²) in [7, 11) is 4.09. The molecule has 106 valence electrons. The van der Waals surface area contributed by atoms with Crippen LogP contribution in [0, 0.1) is 11.8 Å². The Morgan fingerprint density at radius 1 is 1.32 bits per heavy atom. The Balaban J connectivity index is 2.38. The summed E-state index contributed by atoms with van der Waals surface area (Å²) in [6.07, 6.45) is 3.24. The molecular formula is C16H25NO2. The van der Waals surface area contributed by atoms with E-state index in [2.05, 4.69) is 11.8 Å². The minimum absolute atomic E-state index is 0.216. The van der Waals surface area contributed by atoms with Crippen molar-refractivity contribution < 1.29 is 10.2 Å². The Labute approximate surface area is 115 Å². The van der Waals surface area contributed by atoms with Gasteiger partial charge in [0, 0.05) is 12.5 Å². The average Bonchev–Trinajstić information content (AvgIpc) is 2.34. The van der Waals surface area contributed by atoms with Crippen LogP contribution in [0.25, 0.3) is 0 Å². The molecule has 0 aromatic heterocycles. The number of phenolic OH excluding ortho intramolecular Hbond substituents is 1. The van der Waals surface area contributed by atoms with Crippen LogP contribution >= 0.6 is 0 Å². The fourth-order valence-corrected chi connectivity index (χ4v) is 3.46. The average molecular weight is 263 g/mol.